The van der Waals surface area contributed by atoms with Crippen molar-refractivity contribution in [3.8, 4) is 0 Å². The molecule has 1 N–H and O–H groups in total. The van der Waals surface area contributed by atoms with E-state index in [1.54, 1.807) is 0 Å². The van der Waals surface area contributed by atoms with Gasteiger partial charge in [0.1, 0.15) is 0 Å². The van der Waals surface area contributed by atoms with Crippen LogP contribution in [-0.4, -0.2) is 5.91 Å². The topological polar surface area (TPSA) is 29.1 Å². The Kier molecular flexibility index (Phi) is 4.53. The fourth-order valence-corrected chi connectivity index (χ4v) is 1.75. The summed E-state index contributed by atoms with van der Waals surface area (Å²) >= 11 is 0. The first-order valence-corrected chi connectivity index (χ1v) is 6.09. The highest BCUT2D eigenvalue weighted by atomic mass is 16.1. The van der Waals surface area contributed by atoms with Crippen molar-refractivity contribution in [1.29, 1.82) is 0 Å². The quantitative estimate of drug-likeness (QED) is 0.764. The van der Waals surface area contributed by atoms with Gasteiger partial charge in [-0.3, -0.25) is 4.79 Å². The molecule has 1 heterocycles. The van der Waals surface area contributed by atoms with Gasteiger partial charge >= 0.3 is 0 Å². The van der Waals surface area contributed by atoms with Crippen molar-refractivity contribution >= 4 is 11.6 Å². The molecule has 0 radical (unpaired) electrons. The molecule has 0 saturated heterocycles. The predicted octanol–water partition coefficient (Wildman–Crippen LogP) is 3.97. The average molecular weight is 221 g/mol. The van der Waals surface area contributed by atoms with Crippen LogP contribution in [-0.2, 0) is 11.2 Å². The van der Waals surface area contributed by atoms with Gasteiger partial charge in [0.05, 0.1) is 0 Å². The van der Waals surface area contributed by atoms with Crippen molar-refractivity contribution in [1.82, 2.24) is 0 Å². The van der Waals surface area contributed by atoms with Crippen molar-refractivity contribution in [2.24, 2.45) is 0 Å². The molecule has 1 aliphatic heterocycles. The first kappa shape index (κ1) is 12.8. The summed E-state index contributed by atoms with van der Waals surface area (Å²) in [5, 5.41) is 2.92. The molecule has 1 amide bonds. The van der Waals surface area contributed by atoms with Crippen molar-refractivity contribution < 1.29 is 6.22 Å². The van der Waals surface area contributed by atoms with Gasteiger partial charge in [0.25, 0.3) is 0 Å². The zero-order valence-electron chi connectivity index (χ0n) is 10.6. The van der Waals surface area contributed by atoms with Gasteiger partial charge in [-0.1, -0.05) is 39.8 Å². The Bertz CT molecular complexity index is 374. The molecule has 0 fully saturated rings. The van der Waals surface area contributed by atoms with E-state index in [1.807, 2.05) is 13.8 Å². The Balaban J connectivity index is 0.000000811. The van der Waals surface area contributed by atoms with Gasteiger partial charge in [0.15, 0.2) is 0 Å². The van der Waals surface area contributed by atoms with Gasteiger partial charge in [0, 0.05) is 13.5 Å². The molecule has 2 heteroatoms. The molecule has 16 heavy (non-hydrogen) atoms. The summed E-state index contributed by atoms with van der Waals surface area (Å²) < 4.78 is 0. The molecule has 0 saturated carbocycles. The summed E-state index contributed by atoms with van der Waals surface area (Å²) in [6.07, 6.45) is 1.49. The van der Waals surface area contributed by atoms with E-state index in [-0.39, 0.29) is 7.33 Å². The van der Waals surface area contributed by atoms with E-state index in [4.69, 9.17) is 0 Å². The van der Waals surface area contributed by atoms with Gasteiger partial charge in [-0.2, -0.15) is 0 Å². The number of anilines is 1. The highest BCUT2D eigenvalue weighted by Crippen LogP contribution is 2.26. The molecule has 0 spiro atoms. The van der Waals surface area contributed by atoms with Crippen LogP contribution < -0.4 is 5.32 Å². The number of hydrogen-bond donors (Lipinski definition) is 1. The van der Waals surface area contributed by atoms with Crippen LogP contribution in [0.4, 0.5) is 5.69 Å². The third kappa shape index (κ3) is 2.84. The molecular formula is C14H23NO. The van der Waals surface area contributed by atoms with Crippen LogP contribution in [0.2, 0.25) is 0 Å². The van der Waals surface area contributed by atoms with Crippen molar-refractivity contribution in [3.05, 3.63) is 29.3 Å². The maximum Gasteiger partial charge on any atom is 0.224 e. The molecule has 0 atom stereocenters. The lowest BCUT2D eigenvalue weighted by Gasteiger charge is -2.18. The number of amides is 1. The van der Waals surface area contributed by atoms with E-state index < -0.39 is 0 Å². The normalized spacial score (nSPS) is 13.7. The summed E-state index contributed by atoms with van der Waals surface area (Å²) in [4.78, 5) is 11.2. The molecule has 2 rings (SSSR count). The van der Waals surface area contributed by atoms with Crippen molar-refractivity contribution in [2.75, 3.05) is 5.32 Å². The van der Waals surface area contributed by atoms with Crippen LogP contribution in [0.25, 0.3) is 0 Å². The second kappa shape index (κ2) is 5.69. The fourth-order valence-electron chi connectivity index (χ4n) is 1.75. The van der Waals surface area contributed by atoms with E-state index >= 15 is 0 Å². The zero-order chi connectivity index (χ0) is 12.1. The number of benzene rings is 1. The second-order valence-electron chi connectivity index (χ2n) is 4.12. The Morgan fingerprint density at radius 3 is 2.56 bits per heavy atom. The van der Waals surface area contributed by atoms with E-state index in [9.17, 15) is 4.79 Å². The number of rotatable bonds is 1. The van der Waals surface area contributed by atoms with Gasteiger partial charge in [-0.15, -0.1) is 0 Å². The molecule has 1 aromatic rings. The minimum Gasteiger partial charge on any atom is -0.326 e. The summed E-state index contributed by atoms with van der Waals surface area (Å²) in [7, 11) is 0. The largest absolute Gasteiger partial charge is 0.326 e. The molecule has 0 unspecified atom stereocenters. The number of carbonyl (C=O) groups excluding carboxylic acids is 1. The Labute approximate surface area is 99.5 Å². The highest BCUT2D eigenvalue weighted by Gasteiger charge is 2.14. The minimum atomic E-state index is 0. The monoisotopic (exact) mass is 221 g/mol. The van der Waals surface area contributed by atoms with Crippen molar-refractivity contribution in [2.45, 2.75) is 46.5 Å². The van der Waals surface area contributed by atoms with Crippen molar-refractivity contribution in [3.63, 3.8) is 0 Å². The van der Waals surface area contributed by atoms with E-state index in [1.165, 1.54) is 11.1 Å². The first-order chi connectivity index (χ1) is 7.66. The molecule has 90 valence electrons. The first-order valence-electron chi connectivity index (χ1n) is 6.09. The molecule has 1 aromatic carbocycles. The molecular weight excluding hydrogens is 198 g/mol. The van der Waals surface area contributed by atoms with E-state index in [0.717, 1.165) is 12.1 Å². The number of aryl methyl sites for hydroxylation is 1. The zero-order valence-corrected chi connectivity index (χ0v) is 10.6. The molecule has 0 bridgehead atoms. The van der Waals surface area contributed by atoms with Crippen LogP contribution in [0.1, 0.15) is 52.6 Å². The smallest absolute Gasteiger partial charge is 0.224 e. The van der Waals surface area contributed by atoms with E-state index in [0.29, 0.717) is 12.3 Å². The Morgan fingerprint density at radius 1 is 1.25 bits per heavy atom. The maximum absolute atomic E-state index is 11.2. The van der Waals surface area contributed by atoms with Crippen LogP contribution in [0, 0.1) is 0 Å². The Morgan fingerprint density at radius 2 is 1.94 bits per heavy atom. The third-order valence-electron chi connectivity index (χ3n) is 2.70. The molecule has 1 aliphatic rings. The summed E-state index contributed by atoms with van der Waals surface area (Å²) in [6, 6.07) is 6.38. The second-order valence-corrected chi connectivity index (χ2v) is 4.12. The lowest BCUT2D eigenvalue weighted by atomic mass is 9.96. The Hall–Kier alpha value is -1.31. The standard InChI is InChI=1S/C12H15NO.C2H6.H2/c1-8(2)10-4-3-9-5-6-12(14)13-11(9)7-10;1-2;/h3-4,7-8H,5-6H2,1-2H3,(H,13,14);1-2H3;1H. The summed E-state index contributed by atoms with van der Waals surface area (Å²) in [5.74, 6) is 0.650. The summed E-state index contributed by atoms with van der Waals surface area (Å²) in [5.41, 5.74) is 3.55. The third-order valence-corrected chi connectivity index (χ3v) is 2.70. The number of fused-ring (bicyclic) bond motifs is 1. The number of carbonyl (C=O) groups is 1. The predicted molar refractivity (Wildman–Crippen MR) is 70.9 cm³/mol. The minimum absolute atomic E-state index is 0. The van der Waals surface area contributed by atoms with E-state index in [2.05, 4.69) is 37.4 Å². The lowest BCUT2D eigenvalue weighted by Crippen LogP contribution is -2.19. The maximum atomic E-state index is 11.2. The highest BCUT2D eigenvalue weighted by molar-refractivity contribution is 5.93. The average Bonchev–Trinajstić information content (AvgIpc) is 2.30. The van der Waals surface area contributed by atoms with Crippen LogP contribution in [0.3, 0.4) is 0 Å². The fraction of sp³-hybridized carbons (Fsp3) is 0.500. The molecule has 2 nitrogen and oxygen atoms in total. The lowest BCUT2D eigenvalue weighted by molar-refractivity contribution is -0.116. The van der Waals surface area contributed by atoms with Crippen LogP contribution >= 0.6 is 0 Å². The number of hydrogen-bond acceptors (Lipinski definition) is 1. The number of nitrogens with one attached hydrogen (secondary N) is 1. The molecule has 0 aliphatic carbocycles. The van der Waals surface area contributed by atoms with Gasteiger partial charge in [-0.25, -0.2) is 0 Å². The SMILES string of the molecule is CC.CC(C)c1ccc2c(c1)NC(=O)CC2.[HH]. The van der Waals surface area contributed by atoms with Gasteiger partial charge in [0.2, 0.25) is 5.91 Å². The summed E-state index contributed by atoms with van der Waals surface area (Å²) in [6.45, 7) is 8.32. The van der Waals surface area contributed by atoms with Gasteiger partial charge in [-0.05, 0) is 29.5 Å². The van der Waals surface area contributed by atoms with Gasteiger partial charge < -0.3 is 5.32 Å². The van der Waals surface area contributed by atoms with Crippen LogP contribution in [0.15, 0.2) is 18.2 Å². The molecule has 0 aromatic heterocycles. The van der Waals surface area contributed by atoms with Crippen LogP contribution in [0.5, 0.6) is 0 Å².